The van der Waals surface area contributed by atoms with Gasteiger partial charge in [-0.15, -0.1) is 0 Å². The highest BCUT2D eigenvalue weighted by Crippen LogP contribution is 2.36. The largest absolute Gasteiger partial charge is 0.485 e. The summed E-state index contributed by atoms with van der Waals surface area (Å²) < 4.78 is 17.4. The first kappa shape index (κ1) is 22.7. The number of carbonyl (C=O) groups is 2. The standard InChI is InChI=1S/C30H26O5/c1-18-21(15-20-7-5-6-8-25(20)33-18)16-27-28(31)24-14-13-23(17-26(24)35-27)34-29(32)19-9-11-22(12-10-19)30(2,3)4/h5-18H,1-4H3/t18-/m1/s1. The molecule has 3 aromatic carbocycles. The molecule has 5 heteroatoms. The van der Waals surface area contributed by atoms with Crippen LogP contribution in [0, 0.1) is 0 Å². The van der Waals surface area contributed by atoms with Gasteiger partial charge in [0.15, 0.2) is 5.76 Å². The maximum absolute atomic E-state index is 12.9. The molecule has 0 aliphatic carbocycles. The lowest BCUT2D eigenvalue weighted by molar-refractivity contribution is 0.0734. The fourth-order valence-corrected chi connectivity index (χ4v) is 4.08. The number of carbonyl (C=O) groups excluding carboxylic acids is 2. The molecule has 176 valence electrons. The van der Waals surface area contributed by atoms with Gasteiger partial charge < -0.3 is 14.2 Å². The van der Waals surface area contributed by atoms with Crippen LogP contribution in [0.3, 0.4) is 0 Å². The molecule has 0 spiro atoms. The predicted octanol–water partition coefficient (Wildman–Crippen LogP) is 6.53. The Bertz CT molecular complexity index is 1390. The first-order valence-corrected chi connectivity index (χ1v) is 11.6. The summed E-state index contributed by atoms with van der Waals surface area (Å²) in [5.41, 5.74) is 3.80. The molecular weight excluding hydrogens is 440 g/mol. The second-order valence-corrected chi connectivity index (χ2v) is 9.76. The van der Waals surface area contributed by atoms with Crippen molar-refractivity contribution in [1.29, 1.82) is 0 Å². The SMILES string of the molecule is C[C@H]1Oc2ccccc2C=C1C=C1Oc2cc(OC(=O)c3ccc(C(C)(C)C)cc3)ccc2C1=O. The summed E-state index contributed by atoms with van der Waals surface area (Å²) in [4.78, 5) is 25.6. The van der Waals surface area contributed by atoms with Crippen LogP contribution in [0.25, 0.3) is 6.08 Å². The van der Waals surface area contributed by atoms with Gasteiger partial charge in [-0.05, 0) is 66.0 Å². The Labute approximate surface area is 204 Å². The van der Waals surface area contributed by atoms with Crippen LogP contribution in [0.4, 0.5) is 0 Å². The van der Waals surface area contributed by atoms with Gasteiger partial charge in [-0.3, -0.25) is 4.79 Å². The lowest BCUT2D eigenvalue weighted by Gasteiger charge is -2.22. The molecule has 3 aromatic rings. The molecule has 0 unspecified atom stereocenters. The van der Waals surface area contributed by atoms with Crippen molar-refractivity contribution in [2.24, 2.45) is 0 Å². The van der Waals surface area contributed by atoms with Crippen LogP contribution < -0.4 is 14.2 Å². The molecule has 0 bridgehead atoms. The fraction of sp³-hybridized carbons (Fsp3) is 0.200. The van der Waals surface area contributed by atoms with E-state index in [0.717, 1.165) is 22.4 Å². The number of hydrogen-bond donors (Lipinski definition) is 0. The van der Waals surface area contributed by atoms with Gasteiger partial charge in [0.1, 0.15) is 23.4 Å². The number of Topliss-reactive ketones (excluding diaryl/α,β-unsaturated/α-hetero) is 1. The third-order valence-electron chi connectivity index (χ3n) is 6.15. The van der Waals surface area contributed by atoms with E-state index >= 15 is 0 Å². The minimum Gasteiger partial charge on any atom is -0.485 e. The molecule has 5 nitrogen and oxygen atoms in total. The van der Waals surface area contributed by atoms with E-state index < -0.39 is 5.97 Å². The fourth-order valence-electron chi connectivity index (χ4n) is 4.08. The lowest BCUT2D eigenvalue weighted by atomic mass is 9.87. The number of hydrogen-bond acceptors (Lipinski definition) is 5. The summed E-state index contributed by atoms with van der Waals surface area (Å²) in [6, 6.07) is 19.9. The second-order valence-electron chi connectivity index (χ2n) is 9.76. The van der Waals surface area contributed by atoms with Crippen molar-refractivity contribution in [3.63, 3.8) is 0 Å². The average Bonchev–Trinajstić information content (AvgIpc) is 3.13. The number of benzene rings is 3. The van der Waals surface area contributed by atoms with Gasteiger partial charge in [-0.25, -0.2) is 4.79 Å². The molecule has 2 heterocycles. The normalized spacial score (nSPS) is 17.7. The van der Waals surface area contributed by atoms with Gasteiger partial charge in [-0.2, -0.15) is 0 Å². The predicted molar refractivity (Wildman–Crippen MR) is 134 cm³/mol. The second kappa shape index (κ2) is 8.58. The van der Waals surface area contributed by atoms with Crippen molar-refractivity contribution < 1.29 is 23.8 Å². The smallest absolute Gasteiger partial charge is 0.343 e. The number of ketones is 1. The van der Waals surface area contributed by atoms with E-state index in [0.29, 0.717) is 22.6 Å². The number of esters is 1. The van der Waals surface area contributed by atoms with E-state index in [1.165, 1.54) is 0 Å². The zero-order valence-corrected chi connectivity index (χ0v) is 20.1. The molecule has 0 radical (unpaired) electrons. The van der Waals surface area contributed by atoms with Crippen LogP contribution in [-0.4, -0.2) is 17.9 Å². The number of rotatable bonds is 3. The average molecular weight is 467 g/mol. The van der Waals surface area contributed by atoms with Gasteiger partial charge in [0.05, 0.1) is 11.1 Å². The van der Waals surface area contributed by atoms with Crippen molar-refractivity contribution >= 4 is 17.8 Å². The number of para-hydroxylation sites is 1. The molecule has 2 aliphatic rings. The van der Waals surface area contributed by atoms with Crippen molar-refractivity contribution in [2.45, 2.75) is 39.2 Å². The lowest BCUT2D eigenvalue weighted by Crippen LogP contribution is -2.18. The summed E-state index contributed by atoms with van der Waals surface area (Å²) >= 11 is 0. The zero-order valence-electron chi connectivity index (χ0n) is 20.1. The molecule has 0 amide bonds. The number of fused-ring (bicyclic) bond motifs is 2. The van der Waals surface area contributed by atoms with E-state index in [-0.39, 0.29) is 23.1 Å². The number of ether oxygens (including phenoxy) is 3. The molecule has 0 aromatic heterocycles. The van der Waals surface area contributed by atoms with Crippen LogP contribution in [-0.2, 0) is 5.41 Å². The van der Waals surface area contributed by atoms with Crippen molar-refractivity contribution in [2.75, 3.05) is 0 Å². The maximum Gasteiger partial charge on any atom is 0.343 e. The minimum atomic E-state index is -0.470. The monoisotopic (exact) mass is 466 g/mol. The molecule has 35 heavy (non-hydrogen) atoms. The van der Waals surface area contributed by atoms with E-state index in [9.17, 15) is 9.59 Å². The summed E-state index contributed by atoms with van der Waals surface area (Å²) in [6.45, 7) is 8.28. The molecule has 5 rings (SSSR count). The van der Waals surface area contributed by atoms with Crippen molar-refractivity contribution in [3.05, 3.63) is 106 Å². The Morgan fingerprint density at radius 1 is 0.971 bits per heavy atom. The third-order valence-corrected chi connectivity index (χ3v) is 6.15. The highest BCUT2D eigenvalue weighted by Gasteiger charge is 2.29. The van der Waals surface area contributed by atoms with E-state index in [1.54, 1.807) is 36.4 Å². The quantitative estimate of drug-likeness (QED) is 0.250. The Balaban J connectivity index is 1.34. The van der Waals surface area contributed by atoms with Gasteiger partial charge in [0.25, 0.3) is 0 Å². The van der Waals surface area contributed by atoms with Gasteiger partial charge in [0, 0.05) is 11.6 Å². The summed E-state index contributed by atoms with van der Waals surface area (Å²) in [7, 11) is 0. The van der Waals surface area contributed by atoms with Crippen LogP contribution in [0.5, 0.6) is 17.2 Å². The van der Waals surface area contributed by atoms with Crippen molar-refractivity contribution in [3.8, 4) is 17.2 Å². The third kappa shape index (κ3) is 4.50. The van der Waals surface area contributed by atoms with E-state index in [2.05, 4.69) is 20.8 Å². The van der Waals surface area contributed by atoms with Crippen LogP contribution in [0.1, 0.15) is 59.5 Å². The van der Waals surface area contributed by atoms with Crippen LogP contribution in [0.15, 0.2) is 84.1 Å². The molecule has 0 fully saturated rings. The molecular formula is C30H26O5. The van der Waals surface area contributed by atoms with E-state index in [4.69, 9.17) is 14.2 Å². The van der Waals surface area contributed by atoms with Crippen molar-refractivity contribution in [1.82, 2.24) is 0 Å². The first-order chi connectivity index (χ1) is 16.7. The van der Waals surface area contributed by atoms with Gasteiger partial charge in [-0.1, -0.05) is 51.1 Å². The molecule has 0 N–H and O–H groups in total. The first-order valence-electron chi connectivity index (χ1n) is 11.6. The zero-order chi connectivity index (χ0) is 24.7. The van der Waals surface area contributed by atoms with Gasteiger partial charge >= 0.3 is 5.97 Å². The Morgan fingerprint density at radius 3 is 2.46 bits per heavy atom. The molecule has 1 atom stereocenters. The Kier molecular flexibility index (Phi) is 5.56. The Morgan fingerprint density at radius 2 is 1.71 bits per heavy atom. The summed E-state index contributed by atoms with van der Waals surface area (Å²) in [6.07, 6.45) is 3.48. The Hall–Kier alpha value is -4.12. The minimum absolute atomic E-state index is 0.00149. The molecule has 0 saturated heterocycles. The van der Waals surface area contributed by atoms with Crippen LogP contribution >= 0.6 is 0 Å². The summed E-state index contributed by atoms with van der Waals surface area (Å²) in [5.74, 6) is 1.00. The van der Waals surface area contributed by atoms with Gasteiger partial charge in [0.2, 0.25) is 5.78 Å². The highest BCUT2D eigenvalue weighted by molar-refractivity contribution is 6.12. The number of allylic oxidation sites excluding steroid dienone is 1. The van der Waals surface area contributed by atoms with Crippen LogP contribution in [0.2, 0.25) is 0 Å². The summed E-state index contributed by atoms with van der Waals surface area (Å²) in [5, 5.41) is 0. The molecule has 2 aliphatic heterocycles. The molecule has 0 saturated carbocycles. The van der Waals surface area contributed by atoms with E-state index in [1.807, 2.05) is 49.4 Å². The highest BCUT2D eigenvalue weighted by atomic mass is 16.5. The maximum atomic E-state index is 12.9. The topological polar surface area (TPSA) is 61.8 Å².